The maximum Gasteiger partial charge on any atom is 0.161 e. The first-order chi connectivity index (χ1) is 13.7. The molecule has 1 aliphatic rings. The summed E-state index contributed by atoms with van der Waals surface area (Å²) in [5, 5.41) is 6.65. The fourth-order valence-electron chi connectivity index (χ4n) is 3.19. The molecule has 0 saturated carbocycles. The molecule has 0 radical (unpaired) electrons. The molecule has 3 aromatic rings. The fourth-order valence-corrected chi connectivity index (χ4v) is 3.19. The summed E-state index contributed by atoms with van der Waals surface area (Å²) in [6, 6.07) is 12.3. The van der Waals surface area contributed by atoms with E-state index >= 15 is 0 Å². The predicted molar refractivity (Wildman–Crippen MR) is 121 cm³/mol. The topological polar surface area (TPSA) is 41.4 Å². The number of aromatic nitrogens is 2. The van der Waals surface area contributed by atoms with Crippen LogP contribution in [0, 0.1) is 0 Å². The van der Waals surface area contributed by atoms with E-state index in [-0.39, 0.29) is 0 Å². The number of anilines is 3. The third-order valence-corrected chi connectivity index (χ3v) is 4.59. The van der Waals surface area contributed by atoms with Crippen LogP contribution >= 0.6 is 0 Å². The van der Waals surface area contributed by atoms with Crippen LogP contribution in [0.4, 0.5) is 17.1 Å². The van der Waals surface area contributed by atoms with Crippen molar-refractivity contribution < 1.29 is 0 Å². The van der Waals surface area contributed by atoms with Gasteiger partial charge in [0.1, 0.15) is 0 Å². The highest BCUT2D eigenvalue weighted by Gasteiger charge is 2.11. The third-order valence-electron chi connectivity index (χ3n) is 4.59. The summed E-state index contributed by atoms with van der Waals surface area (Å²) in [6.07, 6.45) is 12.5. The molecule has 4 heteroatoms. The summed E-state index contributed by atoms with van der Waals surface area (Å²) in [7, 11) is 1.92. The molecule has 1 aromatic carbocycles. The van der Waals surface area contributed by atoms with E-state index in [1.165, 1.54) is 5.57 Å². The number of fused-ring (bicyclic) bond motifs is 1. The van der Waals surface area contributed by atoms with Crippen LogP contribution in [-0.2, 0) is 0 Å². The Hall–Kier alpha value is -3.27. The standard InChI is InChI=1S/C22H22N4.C2H6/c1-16-6-3-7-17(12-11-16)21-15-24-22-20(10-5-13-26(21)22)25-19-9-4-8-18(14-19)23-2;1-2/h4-5,7-15,23,25H,1,3,6H2,2H3;1-2H3. The Morgan fingerprint density at radius 1 is 1.07 bits per heavy atom. The summed E-state index contributed by atoms with van der Waals surface area (Å²) >= 11 is 0. The Bertz CT molecular complexity index is 1020. The summed E-state index contributed by atoms with van der Waals surface area (Å²) in [5.74, 6) is 0. The van der Waals surface area contributed by atoms with Crippen LogP contribution in [0.2, 0.25) is 0 Å². The lowest BCUT2D eigenvalue weighted by atomic mass is 10.1. The minimum absolute atomic E-state index is 0.912. The van der Waals surface area contributed by atoms with Gasteiger partial charge in [-0.25, -0.2) is 4.98 Å². The molecule has 4 rings (SSSR count). The van der Waals surface area contributed by atoms with Crippen LogP contribution in [-0.4, -0.2) is 16.4 Å². The van der Waals surface area contributed by atoms with Gasteiger partial charge in [-0.05, 0) is 48.7 Å². The number of benzene rings is 1. The number of hydrogen-bond donors (Lipinski definition) is 2. The highest BCUT2D eigenvalue weighted by molar-refractivity contribution is 5.80. The second-order valence-electron chi connectivity index (χ2n) is 6.40. The molecule has 4 nitrogen and oxygen atoms in total. The average Bonchev–Trinajstić information content (AvgIpc) is 3.06. The molecule has 0 aliphatic heterocycles. The number of allylic oxidation sites excluding steroid dienone is 5. The SMILES string of the molecule is C=C1C=CC(c2cnc3c(Nc4cccc(NC)c4)cccn23)=CCC1.CC. The Labute approximate surface area is 167 Å². The molecule has 0 unspecified atom stereocenters. The Balaban J connectivity index is 0.00000109. The molecule has 2 N–H and O–H groups in total. The van der Waals surface area contributed by atoms with Crippen LogP contribution in [0.3, 0.4) is 0 Å². The van der Waals surface area contributed by atoms with Crippen LogP contribution in [0.1, 0.15) is 32.4 Å². The first-order valence-electron chi connectivity index (χ1n) is 9.82. The lowest BCUT2D eigenvalue weighted by Crippen LogP contribution is -1.97. The molecule has 0 bridgehead atoms. The zero-order chi connectivity index (χ0) is 19.9. The number of nitrogens with one attached hydrogen (secondary N) is 2. The van der Waals surface area contributed by atoms with Gasteiger partial charge in [0.15, 0.2) is 5.65 Å². The van der Waals surface area contributed by atoms with E-state index in [2.05, 4.69) is 69.2 Å². The van der Waals surface area contributed by atoms with E-state index < -0.39 is 0 Å². The smallest absolute Gasteiger partial charge is 0.161 e. The monoisotopic (exact) mass is 372 g/mol. The van der Waals surface area contributed by atoms with E-state index in [0.29, 0.717) is 0 Å². The van der Waals surface area contributed by atoms with E-state index in [4.69, 9.17) is 0 Å². The molecule has 144 valence electrons. The van der Waals surface area contributed by atoms with Crippen molar-refractivity contribution in [3.8, 4) is 0 Å². The van der Waals surface area contributed by atoms with Gasteiger partial charge in [-0.1, -0.05) is 50.3 Å². The van der Waals surface area contributed by atoms with Gasteiger partial charge in [-0.3, -0.25) is 4.40 Å². The Kier molecular flexibility index (Phi) is 6.33. The van der Waals surface area contributed by atoms with Gasteiger partial charge < -0.3 is 10.6 Å². The predicted octanol–water partition coefficient (Wildman–Crippen LogP) is 6.44. The van der Waals surface area contributed by atoms with Gasteiger partial charge in [0, 0.05) is 24.6 Å². The quantitative estimate of drug-likeness (QED) is 0.554. The maximum absolute atomic E-state index is 4.67. The summed E-state index contributed by atoms with van der Waals surface area (Å²) in [4.78, 5) is 4.67. The second kappa shape index (κ2) is 9.09. The van der Waals surface area contributed by atoms with Crippen LogP contribution in [0.15, 0.2) is 79.2 Å². The zero-order valence-corrected chi connectivity index (χ0v) is 16.9. The lowest BCUT2D eigenvalue weighted by molar-refractivity contribution is 1.02. The van der Waals surface area contributed by atoms with E-state index in [1.807, 2.05) is 45.3 Å². The molecule has 2 heterocycles. The van der Waals surface area contributed by atoms with Crippen molar-refractivity contribution in [1.82, 2.24) is 9.38 Å². The Morgan fingerprint density at radius 2 is 1.89 bits per heavy atom. The molecule has 0 saturated heterocycles. The molecule has 0 atom stereocenters. The van der Waals surface area contributed by atoms with Crippen molar-refractivity contribution in [2.75, 3.05) is 17.7 Å². The van der Waals surface area contributed by atoms with Gasteiger partial charge >= 0.3 is 0 Å². The highest BCUT2D eigenvalue weighted by Crippen LogP contribution is 2.28. The number of imidazole rings is 1. The maximum atomic E-state index is 4.67. The normalized spacial score (nSPS) is 13.4. The van der Waals surface area contributed by atoms with Gasteiger partial charge in [-0.2, -0.15) is 0 Å². The van der Waals surface area contributed by atoms with E-state index in [9.17, 15) is 0 Å². The molecule has 1 aliphatic carbocycles. The van der Waals surface area contributed by atoms with Crippen LogP contribution in [0.5, 0.6) is 0 Å². The van der Waals surface area contributed by atoms with Crippen molar-refractivity contribution in [3.05, 3.63) is 84.9 Å². The summed E-state index contributed by atoms with van der Waals surface area (Å²) < 4.78 is 2.13. The Morgan fingerprint density at radius 3 is 2.71 bits per heavy atom. The molecular formula is C24H28N4. The van der Waals surface area contributed by atoms with E-state index in [1.54, 1.807) is 0 Å². The highest BCUT2D eigenvalue weighted by atomic mass is 15.0. The third kappa shape index (κ3) is 4.17. The van der Waals surface area contributed by atoms with E-state index in [0.717, 1.165) is 46.8 Å². The minimum atomic E-state index is 0.912. The van der Waals surface area contributed by atoms with Crippen molar-refractivity contribution in [2.24, 2.45) is 0 Å². The average molecular weight is 373 g/mol. The summed E-state index contributed by atoms with van der Waals surface area (Å²) in [6.45, 7) is 8.07. The first-order valence-corrected chi connectivity index (χ1v) is 9.82. The van der Waals surface area contributed by atoms with Gasteiger partial charge in [0.2, 0.25) is 0 Å². The van der Waals surface area contributed by atoms with Gasteiger partial charge in [0.05, 0.1) is 17.6 Å². The van der Waals surface area contributed by atoms with Crippen LogP contribution in [0.25, 0.3) is 11.2 Å². The summed E-state index contributed by atoms with van der Waals surface area (Å²) in [5.41, 5.74) is 7.43. The van der Waals surface area contributed by atoms with Crippen LogP contribution < -0.4 is 10.6 Å². The molecular weight excluding hydrogens is 344 g/mol. The minimum Gasteiger partial charge on any atom is -0.388 e. The molecule has 2 aromatic heterocycles. The first kappa shape index (κ1) is 19.5. The van der Waals surface area contributed by atoms with Crippen molar-refractivity contribution in [3.63, 3.8) is 0 Å². The second-order valence-corrected chi connectivity index (χ2v) is 6.40. The number of nitrogens with zero attached hydrogens (tertiary/aromatic N) is 2. The van der Waals surface area contributed by atoms with Gasteiger partial charge in [-0.15, -0.1) is 0 Å². The van der Waals surface area contributed by atoms with Crippen molar-refractivity contribution in [2.45, 2.75) is 26.7 Å². The fraction of sp³-hybridized carbons (Fsp3) is 0.208. The zero-order valence-electron chi connectivity index (χ0n) is 16.9. The number of rotatable bonds is 4. The van der Waals surface area contributed by atoms with Crippen molar-refractivity contribution >= 4 is 28.3 Å². The molecule has 28 heavy (non-hydrogen) atoms. The molecule has 0 spiro atoms. The lowest BCUT2D eigenvalue weighted by Gasteiger charge is -2.10. The van der Waals surface area contributed by atoms with Gasteiger partial charge in [0.25, 0.3) is 0 Å². The molecule has 0 fully saturated rings. The van der Waals surface area contributed by atoms with Crippen molar-refractivity contribution in [1.29, 1.82) is 0 Å². The molecule has 0 amide bonds. The number of hydrogen-bond acceptors (Lipinski definition) is 3. The largest absolute Gasteiger partial charge is 0.388 e. The number of pyridine rings is 1.